The van der Waals surface area contributed by atoms with Gasteiger partial charge in [0.15, 0.2) is 0 Å². The van der Waals surface area contributed by atoms with Gasteiger partial charge in [-0.15, -0.1) is 0 Å². The fraction of sp³-hybridized carbons (Fsp3) is 0.143. The Morgan fingerprint density at radius 3 is 2.14 bits per heavy atom. The molecular weight excluding hydrogens is 444 g/mol. The fourth-order valence-electron chi connectivity index (χ4n) is 3.99. The second-order valence-corrected chi connectivity index (χ2v) is 8.71. The lowest BCUT2D eigenvalue weighted by atomic mass is 9.97. The van der Waals surface area contributed by atoms with Gasteiger partial charge in [-0.05, 0) is 43.5 Å². The first kappa shape index (κ1) is 23.3. The molecule has 0 unspecified atom stereocenters. The largest absolute Gasteiger partial charge is 0.488 e. The molecule has 0 aromatic heterocycles. The second kappa shape index (κ2) is 9.17. The van der Waals surface area contributed by atoms with E-state index in [1.54, 1.807) is 18.2 Å². The smallest absolute Gasteiger partial charge is 0.344 e. The van der Waals surface area contributed by atoms with Crippen molar-refractivity contribution in [2.45, 2.75) is 26.4 Å². The van der Waals surface area contributed by atoms with Gasteiger partial charge in [-0.25, -0.2) is 4.79 Å². The van der Waals surface area contributed by atoms with E-state index in [2.05, 4.69) is 0 Å². The zero-order valence-electron chi connectivity index (χ0n) is 19.3. The van der Waals surface area contributed by atoms with Crippen LogP contribution in [0.15, 0.2) is 66.2 Å². The highest BCUT2D eigenvalue weighted by Crippen LogP contribution is 2.47. The van der Waals surface area contributed by atoms with E-state index in [0.29, 0.717) is 28.0 Å². The SMILES string of the molecule is CC(C)(C)Oc1cc(OC=O)cc(OC(=O)c2cccc3c2-c2ccccc2C3=C(C#N)C#N)c1. The lowest BCUT2D eigenvalue weighted by Gasteiger charge is -2.22. The molecule has 0 N–H and O–H groups in total. The molecule has 0 aliphatic heterocycles. The molecule has 0 bridgehead atoms. The van der Waals surface area contributed by atoms with Crippen molar-refractivity contribution in [1.29, 1.82) is 10.5 Å². The molecule has 3 aromatic carbocycles. The van der Waals surface area contributed by atoms with Crippen molar-refractivity contribution in [3.63, 3.8) is 0 Å². The number of allylic oxidation sites excluding steroid dienone is 1. The summed E-state index contributed by atoms with van der Waals surface area (Å²) in [6, 6.07) is 20.7. The van der Waals surface area contributed by atoms with E-state index >= 15 is 0 Å². The molecular formula is C28H20N2O5. The lowest BCUT2D eigenvalue weighted by molar-refractivity contribution is -0.120. The van der Waals surface area contributed by atoms with E-state index in [1.165, 1.54) is 18.2 Å². The molecule has 0 fully saturated rings. The minimum atomic E-state index is -0.654. The Bertz CT molecular complexity index is 1450. The van der Waals surface area contributed by atoms with Crippen molar-refractivity contribution < 1.29 is 23.8 Å². The summed E-state index contributed by atoms with van der Waals surface area (Å²) in [7, 11) is 0. The molecule has 3 aromatic rings. The number of hydrogen-bond acceptors (Lipinski definition) is 7. The Labute approximate surface area is 202 Å². The van der Waals surface area contributed by atoms with Crippen LogP contribution in [0.5, 0.6) is 17.2 Å². The summed E-state index contributed by atoms with van der Waals surface area (Å²) in [5.41, 5.74) is 2.78. The Morgan fingerprint density at radius 1 is 0.857 bits per heavy atom. The van der Waals surface area contributed by atoms with Gasteiger partial charge in [0.25, 0.3) is 6.47 Å². The number of ether oxygens (including phenoxy) is 3. The number of nitriles is 2. The monoisotopic (exact) mass is 464 g/mol. The van der Waals surface area contributed by atoms with Gasteiger partial charge >= 0.3 is 5.97 Å². The summed E-state index contributed by atoms with van der Waals surface area (Å²) in [4.78, 5) is 24.2. The van der Waals surface area contributed by atoms with Crippen LogP contribution >= 0.6 is 0 Å². The molecule has 1 aliphatic rings. The summed E-state index contributed by atoms with van der Waals surface area (Å²) >= 11 is 0. The van der Waals surface area contributed by atoms with Gasteiger partial charge in [0.05, 0.1) is 5.56 Å². The molecule has 172 valence electrons. The van der Waals surface area contributed by atoms with Crippen molar-refractivity contribution >= 4 is 18.0 Å². The van der Waals surface area contributed by atoms with Crippen LogP contribution in [0.25, 0.3) is 16.7 Å². The molecule has 0 radical (unpaired) electrons. The highest BCUT2D eigenvalue weighted by molar-refractivity contribution is 6.11. The number of fused-ring (bicyclic) bond motifs is 3. The molecule has 0 saturated heterocycles. The lowest BCUT2D eigenvalue weighted by Crippen LogP contribution is -2.23. The van der Waals surface area contributed by atoms with E-state index < -0.39 is 11.6 Å². The predicted molar refractivity (Wildman–Crippen MR) is 128 cm³/mol. The van der Waals surface area contributed by atoms with Gasteiger partial charge in [-0.1, -0.05) is 36.4 Å². The van der Waals surface area contributed by atoms with Crippen LogP contribution in [-0.4, -0.2) is 18.0 Å². The Balaban J connectivity index is 1.80. The quantitative estimate of drug-likeness (QED) is 0.167. The molecule has 35 heavy (non-hydrogen) atoms. The van der Waals surface area contributed by atoms with Crippen molar-refractivity contribution in [3.05, 3.63) is 82.9 Å². The maximum absolute atomic E-state index is 13.3. The van der Waals surface area contributed by atoms with Crippen LogP contribution in [0.4, 0.5) is 0 Å². The summed E-state index contributed by atoms with van der Waals surface area (Å²) in [5.74, 6) is -0.00593. The minimum absolute atomic E-state index is 0.0376. The van der Waals surface area contributed by atoms with Crippen molar-refractivity contribution in [2.75, 3.05) is 0 Å². The van der Waals surface area contributed by atoms with E-state index in [0.717, 1.165) is 5.56 Å². The Hall–Kier alpha value is -4.88. The molecule has 0 atom stereocenters. The van der Waals surface area contributed by atoms with E-state index in [9.17, 15) is 20.1 Å². The minimum Gasteiger partial charge on any atom is -0.488 e. The Morgan fingerprint density at radius 2 is 1.49 bits per heavy atom. The van der Waals surface area contributed by atoms with Gasteiger partial charge in [-0.3, -0.25) is 4.79 Å². The van der Waals surface area contributed by atoms with E-state index in [1.807, 2.05) is 57.2 Å². The first-order valence-electron chi connectivity index (χ1n) is 10.7. The van der Waals surface area contributed by atoms with Gasteiger partial charge in [0.2, 0.25) is 0 Å². The number of rotatable bonds is 5. The standard InChI is InChI=1S/C28H20N2O5/c1-28(2,3)35-20-12-18(33-16-31)11-19(13-20)34-27(32)24-10-6-9-23-25(17(14-29)15-30)21-7-4-5-8-22(21)26(23)24/h4-13,16H,1-3H3. The summed E-state index contributed by atoms with van der Waals surface area (Å²) < 4.78 is 16.5. The van der Waals surface area contributed by atoms with Crippen molar-refractivity contribution in [2.24, 2.45) is 0 Å². The van der Waals surface area contributed by atoms with Crippen LogP contribution in [-0.2, 0) is 4.79 Å². The Kier molecular flexibility index (Phi) is 6.10. The van der Waals surface area contributed by atoms with E-state index in [4.69, 9.17) is 14.2 Å². The zero-order valence-corrected chi connectivity index (χ0v) is 19.3. The molecule has 1 aliphatic carbocycles. The van der Waals surface area contributed by atoms with Crippen LogP contribution in [0.2, 0.25) is 0 Å². The average Bonchev–Trinajstić information content (AvgIpc) is 3.14. The number of carbonyl (C=O) groups is 2. The number of esters is 1. The molecule has 7 nitrogen and oxygen atoms in total. The average molecular weight is 464 g/mol. The summed E-state index contributed by atoms with van der Waals surface area (Å²) in [6.45, 7) is 5.86. The number of benzene rings is 3. The van der Waals surface area contributed by atoms with E-state index in [-0.39, 0.29) is 29.1 Å². The van der Waals surface area contributed by atoms with Crippen molar-refractivity contribution in [3.8, 4) is 40.5 Å². The highest BCUT2D eigenvalue weighted by Gasteiger charge is 2.30. The molecule has 0 heterocycles. The predicted octanol–water partition coefficient (Wildman–Crippen LogP) is 5.45. The van der Waals surface area contributed by atoms with Crippen LogP contribution in [0.3, 0.4) is 0 Å². The highest BCUT2D eigenvalue weighted by atomic mass is 16.5. The van der Waals surface area contributed by atoms with Gasteiger partial charge in [-0.2, -0.15) is 10.5 Å². The number of carbonyl (C=O) groups excluding carboxylic acids is 2. The van der Waals surface area contributed by atoms with Crippen LogP contribution in [0.1, 0.15) is 42.3 Å². The molecule has 4 rings (SSSR count). The summed E-state index contributed by atoms with van der Waals surface area (Å²) in [5, 5.41) is 19.0. The van der Waals surface area contributed by atoms with Gasteiger partial charge in [0, 0.05) is 29.3 Å². The van der Waals surface area contributed by atoms with Gasteiger partial charge in [0.1, 0.15) is 40.6 Å². The molecule has 0 amide bonds. The maximum Gasteiger partial charge on any atom is 0.344 e. The van der Waals surface area contributed by atoms with Crippen LogP contribution in [0, 0.1) is 22.7 Å². The summed E-state index contributed by atoms with van der Waals surface area (Å²) in [6.07, 6.45) is 0. The van der Waals surface area contributed by atoms with Gasteiger partial charge < -0.3 is 14.2 Å². The first-order chi connectivity index (χ1) is 16.8. The van der Waals surface area contributed by atoms with Crippen molar-refractivity contribution in [1.82, 2.24) is 0 Å². The number of nitrogens with zero attached hydrogens (tertiary/aromatic N) is 2. The third-order valence-corrected chi connectivity index (χ3v) is 5.17. The fourth-order valence-corrected chi connectivity index (χ4v) is 3.99. The normalized spacial score (nSPS) is 11.4. The molecule has 0 saturated carbocycles. The second-order valence-electron chi connectivity index (χ2n) is 8.71. The molecule has 7 heteroatoms. The maximum atomic E-state index is 13.3. The first-order valence-corrected chi connectivity index (χ1v) is 10.7. The topological polar surface area (TPSA) is 109 Å². The molecule has 0 spiro atoms. The third-order valence-electron chi connectivity index (χ3n) is 5.17. The number of hydrogen-bond donors (Lipinski definition) is 0. The zero-order chi connectivity index (χ0) is 25.2. The third kappa shape index (κ3) is 4.62. The van der Waals surface area contributed by atoms with Crippen LogP contribution < -0.4 is 14.2 Å².